The summed E-state index contributed by atoms with van der Waals surface area (Å²) >= 11 is 0. The lowest BCUT2D eigenvalue weighted by Crippen LogP contribution is -2.57. The van der Waals surface area contributed by atoms with Crippen molar-refractivity contribution in [3.05, 3.63) is 59.2 Å². The van der Waals surface area contributed by atoms with Crippen LogP contribution in [-0.2, 0) is 0 Å². The van der Waals surface area contributed by atoms with E-state index in [4.69, 9.17) is 0 Å². The third kappa shape index (κ3) is 3.18. The Morgan fingerprint density at radius 1 is 1.19 bits per heavy atom. The van der Waals surface area contributed by atoms with Crippen LogP contribution in [0.1, 0.15) is 52.5 Å². The normalized spacial score (nSPS) is 18.7. The maximum Gasteiger partial charge on any atom is 0.257 e. The number of carbonyl (C=O) groups excluding carboxylic acids is 2. The zero-order chi connectivity index (χ0) is 19.0. The number of nitrogens with zero attached hydrogens (tertiary/aromatic N) is 2. The van der Waals surface area contributed by atoms with Crippen molar-refractivity contribution in [3.63, 3.8) is 0 Å². The Kier molecular flexibility index (Phi) is 4.60. The Hall–Kier alpha value is -2.82. The van der Waals surface area contributed by atoms with E-state index in [1.807, 2.05) is 42.2 Å². The van der Waals surface area contributed by atoms with E-state index < -0.39 is 0 Å². The molecule has 2 heterocycles. The first-order chi connectivity index (χ1) is 13.1. The first-order valence-corrected chi connectivity index (χ1v) is 9.68. The number of aryl methyl sites for hydroxylation is 1. The van der Waals surface area contributed by atoms with Crippen molar-refractivity contribution in [2.24, 2.45) is 0 Å². The van der Waals surface area contributed by atoms with Gasteiger partial charge in [0.1, 0.15) is 6.17 Å². The van der Waals surface area contributed by atoms with E-state index in [-0.39, 0.29) is 18.0 Å². The van der Waals surface area contributed by atoms with Crippen LogP contribution in [-0.4, -0.2) is 36.0 Å². The lowest BCUT2D eigenvalue weighted by Gasteiger charge is -2.47. The van der Waals surface area contributed by atoms with Crippen molar-refractivity contribution >= 4 is 23.2 Å². The Bertz CT molecular complexity index is 893. The molecule has 1 N–H and O–H groups in total. The average Bonchev–Trinajstić information content (AvgIpc) is 2.68. The molecule has 1 fully saturated rings. The lowest BCUT2D eigenvalue weighted by atomic mass is 9.97. The third-order valence-electron chi connectivity index (χ3n) is 5.51. The van der Waals surface area contributed by atoms with Gasteiger partial charge in [-0.2, -0.15) is 0 Å². The van der Waals surface area contributed by atoms with Gasteiger partial charge in [0.15, 0.2) is 0 Å². The van der Waals surface area contributed by atoms with Crippen molar-refractivity contribution in [1.29, 1.82) is 0 Å². The Morgan fingerprint density at radius 2 is 2.04 bits per heavy atom. The monoisotopic (exact) mass is 363 g/mol. The molecule has 0 aliphatic carbocycles. The predicted molar refractivity (Wildman–Crippen MR) is 107 cm³/mol. The molecule has 2 aliphatic heterocycles. The fraction of sp³-hybridized carbons (Fsp3) is 0.364. The molecule has 5 nitrogen and oxygen atoms in total. The number of nitrogens with one attached hydrogen (secondary N) is 1. The molecule has 5 heteroatoms. The molecule has 2 amide bonds. The average molecular weight is 363 g/mol. The standard InChI is InChI=1S/C22H25N3O2/c1-3-24-19-14-16(21(26)23-17-8-6-7-15(2)13-17)10-11-18(19)22(27)25-12-5-4-9-20(24)25/h6-8,10-11,13-14,20H,3-5,9,12H2,1-2H3,(H,23,26)/t20-/m0/s1. The van der Waals surface area contributed by atoms with Crippen molar-refractivity contribution in [2.75, 3.05) is 23.3 Å². The van der Waals surface area contributed by atoms with Gasteiger partial charge >= 0.3 is 0 Å². The van der Waals surface area contributed by atoms with E-state index in [1.54, 1.807) is 12.1 Å². The summed E-state index contributed by atoms with van der Waals surface area (Å²) in [6.07, 6.45) is 3.29. The molecule has 27 heavy (non-hydrogen) atoms. The highest BCUT2D eigenvalue weighted by Crippen LogP contribution is 2.35. The summed E-state index contributed by atoms with van der Waals surface area (Å²) in [4.78, 5) is 29.9. The van der Waals surface area contributed by atoms with Crippen LogP contribution in [0.3, 0.4) is 0 Å². The molecule has 0 radical (unpaired) electrons. The summed E-state index contributed by atoms with van der Waals surface area (Å²) in [5.41, 5.74) is 4.02. The summed E-state index contributed by atoms with van der Waals surface area (Å²) in [7, 11) is 0. The minimum atomic E-state index is -0.155. The zero-order valence-electron chi connectivity index (χ0n) is 15.9. The summed E-state index contributed by atoms with van der Waals surface area (Å²) in [5.74, 6) is -0.0666. The fourth-order valence-electron chi connectivity index (χ4n) is 4.19. The van der Waals surface area contributed by atoms with Gasteiger partial charge in [-0.1, -0.05) is 12.1 Å². The van der Waals surface area contributed by atoms with E-state index in [0.717, 1.165) is 49.3 Å². The van der Waals surface area contributed by atoms with E-state index in [2.05, 4.69) is 17.1 Å². The van der Waals surface area contributed by atoms with Gasteiger partial charge in [-0.3, -0.25) is 9.59 Å². The first kappa shape index (κ1) is 17.6. The SMILES string of the molecule is CCN1c2cc(C(=O)Nc3cccc(C)c3)ccc2C(=O)N2CCCC[C@H]21. The van der Waals surface area contributed by atoms with E-state index in [9.17, 15) is 9.59 Å². The molecule has 2 aromatic rings. The molecule has 1 atom stereocenters. The van der Waals surface area contributed by atoms with Gasteiger partial charge in [0.2, 0.25) is 0 Å². The van der Waals surface area contributed by atoms with Crippen LogP contribution in [0.2, 0.25) is 0 Å². The molecule has 140 valence electrons. The van der Waals surface area contributed by atoms with E-state index in [0.29, 0.717) is 11.1 Å². The fourth-order valence-corrected chi connectivity index (χ4v) is 4.19. The van der Waals surface area contributed by atoms with E-state index >= 15 is 0 Å². The maximum absolute atomic E-state index is 12.9. The van der Waals surface area contributed by atoms with Crippen molar-refractivity contribution in [3.8, 4) is 0 Å². The minimum Gasteiger partial charge on any atom is -0.351 e. The summed E-state index contributed by atoms with van der Waals surface area (Å²) in [6, 6.07) is 13.2. The zero-order valence-corrected chi connectivity index (χ0v) is 15.9. The summed E-state index contributed by atoms with van der Waals surface area (Å²) in [5, 5.41) is 2.95. The molecule has 0 aromatic heterocycles. The number of anilines is 2. The lowest BCUT2D eigenvalue weighted by molar-refractivity contribution is 0.0582. The largest absolute Gasteiger partial charge is 0.351 e. The van der Waals surface area contributed by atoms with Crippen molar-refractivity contribution < 1.29 is 9.59 Å². The van der Waals surface area contributed by atoms with Gasteiger partial charge in [0, 0.05) is 24.3 Å². The van der Waals surface area contributed by atoms with Crippen LogP contribution in [0, 0.1) is 6.92 Å². The summed E-state index contributed by atoms with van der Waals surface area (Å²) < 4.78 is 0. The second kappa shape index (κ2) is 7.06. The molecule has 0 unspecified atom stereocenters. The molecule has 0 spiro atoms. The van der Waals surface area contributed by atoms with Crippen LogP contribution in [0.4, 0.5) is 11.4 Å². The number of carbonyl (C=O) groups is 2. The van der Waals surface area contributed by atoms with Crippen molar-refractivity contribution in [1.82, 2.24) is 4.90 Å². The van der Waals surface area contributed by atoms with Gasteiger partial charge in [-0.25, -0.2) is 0 Å². The highest BCUT2D eigenvalue weighted by Gasteiger charge is 2.38. The van der Waals surface area contributed by atoms with Gasteiger partial charge < -0.3 is 15.1 Å². The van der Waals surface area contributed by atoms with Gasteiger partial charge in [-0.05, 0) is 69.0 Å². The minimum absolute atomic E-state index is 0.0880. The topological polar surface area (TPSA) is 52.7 Å². The maximum atomic E-state index is 12.9. The summed E-state index contributed by atoms with van der Waals surface area (Å²) in [6.45, 7) is 5.72. The first-order valence-electron chi connectivity index (χ1n) is 9.68. The van der Waals surface area contributed by atoms with Crippen molar-refractivity contribution in [2.45, 2.75) is 39.3 Å². The van der Waals surface area contributed by atoms with Crippen LogP contribution in [0.15, 0.2) is 42.5 Å². The quantitative estimate of drug-likeness (QED) is 0.895. The number of amides is 2. The smallest absolute Gasteiger partial charge is 0.257 e. The van der Waals surface area contributed by atoms with Crippen LogP contribution < -0.4 is 10.2 Å². The molecule has 2 aliphatic rings. The Balaban J connectivity index is 1.66. The molecular weight excluding hydrogens is 338 g/mol. The van der Waals surface area contributed by atoms with E-state index in [1.165, 1.54) is 0 Å². The molecular formula is C22H25N3O2. The number of rotatable bonds is 3. The third-order valence-corrected chi connectivity index (χ3v) is 5.51. The van der Waals surface area contributed by atoms with Gasteiger partial charge in [0.05, 0.1) is 11.3 Å². The Labute approximate surface area is 160 Å². The highest BCUT2D eigenvalue weighted by atomic mass is 16.2. The Morgan fingerprint density at radius 3 is 2.81 bits per heavy atom. The van der Waals surface area contributed by atoms with Gasteiger partial charge in [0.25, 0.3) is 11.8 Å². The second-order valence-electron chi connectivity index (χ2n) is 7.32. The predicted octanol–water partition coefficient (Wildman–Crippen LogP) is 4.04. The molecule has 1 saturated heterocycles. The number of piperidine rings is 1. The molecule has 0 saturated carbocycles. The second-order valence-corrected chi connectivity index (χ2v) is 7.32. The molecule has 4 rings (SSSR count). The number of benzene rings is 2. The van der Waals surface area contributed by atoms with Crippen LogP contribution in [0.5, 0.6) is 0 Å². The highest BCUT2D eigenvalue weighted by molar-refractivity contribution is 6.08. The van der Waals surface area contributed by atoms with Crippen LogP contribution >= 0.6 is 0 Å². The number of fused-ring (bicyclic) bond motifs is 2. The van der Waals surface area contributed by atoms with Crippen LogP contribution in [0.25, 0.3) is 0 Å². The molecule has 0 bridgehead atoms. The number of hydrogen-bond donors (Lipinski definition) is 1. The number of hydrogen-bond acceptors (Lipinski definition) is 3. The molecule has 2 aromatic carbocycles. The van der Waals surface area contributed by atoms with Gasteiger partial charge in [-0.15, -0.1) is 0 Å².